The van der Waals surface area contributed by atoms with Crippen LogP contribution in [0.25, 0.3) is 0 Å². The second-order valence-electron chi connectivity index (χ2n) is 3.47. The number of hydrogen-bond acceptors (Lipinski definition) is 1. The fraction of sp³-hybridized carbons (Fsp3) is 0.875. The van der Waals surface area contributed by atoms with E-state index in [-0.39, 0.29) is 18.4 Å². The van der Waals surface area contributed by atoms with Crippen molar-refractivity contribution in [1.82, 2.24) is 4.90 Å². The average molecular weight is 195 g/mol. The Bertz CT molecular complexity index is 188. The third kappa shape index (κ3) is 3.24. The molecule has 0 spiro atoms. The van der Waals surface area contributed by atoms with E-state index in [0.29, 0.717) is 0 Å². The highest BCUT2D eigenvalue weighted by Crippen LogP contribution is 2.35. The molecule has 1 aliphatic carbocycles. The highest BCUT2D eigenvalue weighted by molar-refractivity contribution is 5.48. The summed E-state index contributed by atoms with van der Waals surface area (Å²) in [7, 11) is 0. The molecule has 0 bridgehead atoms. The van der Waals surface area contributed by atoms with Crippen LogP contribution in [0.1, 0.15) is 19.8 Å². The summed E-state index contributed by atoms with van der Waals surface area (Å²) in [6.45, 7) is 0.534. The van der Waals surface area contributed by atoms with Crippen LogP contribution in [0.4, 0.5) is 13.2 Å². The predicted octanol–water partition coefficient (Wildman–Crippen LogP) is 1.81. The van der Waals surface area contributed by atoms with E-state index in [1.165, 1.54) is 0 Å². The molecule has 0 heterocycles. The van der Waals surface area contributed by atoms with Crippen molar-refractivity contribution in [3.63, 3.8) is 0 Å². The number of halogens is 3. The Morgan fingerprint density at radius 2 is 2.08 bits per heavy atom. The molecule has 1 unspecified atom stereocenters. The summed E-state index contributed by atoms with van der Waals surface area (Å²) in [5.74, 6) is 0.271. The molecule has 13 heavy (non-hydrogen) atoms. The second kappa shape index (κ2) is 3.55. The molecule has 1 atom stereocenters. The van der Waals surface area contributed by atoms with Gasteiger partial charge in [0.15, 0.2) is 0 Å². The molecule has 1 rings (SSSR count). The molecule has 5 heteroatoms. The van der Waals surface area contributed by atoms with Gasteiger partial charge in [0.1, 0.15) is 6.54 Å². The van der Waals surface area contributed by atoms with Crippen molar-refractivity contribution < 1.29 is 18.0 Å². The topological polar surface area (TPSA) is 20.3 Å². The number of hydrogen-bond donors (Lipinski definition) is 0. The largest absolute Gasteiger partial charge is 0.406 e. The summed E-state index contributed by atoms with van der Waals surface area (Å²) >= 11 is 0. The van der Waals surface area contributed by atoms with Crippen LogP contribution in [0.15, 0.2) is 0 Å². The lowest BCUT2D eigenvalue weighted by Gasteiger charge is -2.25. The molecule has 0 aromatic carbocycles. The zero-order valence-electron chi connectivity index (χ0n) is 7.34. The summed E-state index contributed by atoms with van der Waals surface area (Å²) < 4.78 is 35.8. The van der Waals surface area contributed by atoms with Crippen LogP contribution < -0.4 is 0 Å². The van der Waals surface area contributed by atoms with Gasteiger partial charge in [-0.3, -0.25) is 4.79 Å². The number of carbonyl (C=O) groups is 1. The van der Waals surface area contributed by atoms with E-state index in [2.05, 4.69) is 0 Å². The van der Waals surface area contributed by atoms with Gasteiger partial charge >= 0.3 is 6.18 Å². The molecule has 1 amide bonds. The molecule has 0 radical (unpaired) electrons. The molecule has 2 nitrogen and oxygen atoms in total. The van der Waals surface area contributed by atoms with Crippen molar-refractivity contribution >= 4 is 6.41 Å². The third-order valence-corrected chi connectivity index (χ3v) is 2.32. The van der Waals surface area contributed by atoms with Gasteiger partial charge in [-0.05, 0) is 25.7 Å². The highest BCUT2D eigenvalue weighted by atomic mass is 19.4. The van der Waals surface area contributed by atoms with Gasteiger partial charge in [-0.1, -0.05) is 0 Å². The zero-order chi connectivity index (χ0) is 10.1. The quantitative estimate of drug-likeness (QED) is 0.626. The Morgan fingerprint density at radius 1 is 1.54 bits per heavy atom. The lowest BCUT2D eigenvalue weighted by molar-refractivity contribution is -0.158. The van der Waals surface area contributed by atoms with E-state index >= 15 is 0 Å². The molecular formula is C8H12F3NO. The maximum absolute atomic E-state index is 11.9. The van der Waals surface area contributed by atoms with Crippen LogP contribution in [0.3, 0.4) is 0 Å². The average Bonchev–Trinajstić information content (AvgIpc) is 2.79. The minimum Gasteiger partial charge on any atom is -0.333 e. The van der Waals surface area contributed by atoms with Gasteiger partial charge in [0, 0.05) is 6.04 Å². The highest BCUT2D eigenvalue weighted by Gasteiger charge is 2.37. The van der Waals surface area contributed by atoms with Gasteiger partial charge in [0.05, 0.1) is 0 Å². The van der Waals surface area contributed by atoms with E-state index in [4.69, 9.17) is 0 Å². The Kier molecular flexibility index (Phi) is 2.83. The van der Waals surface area contributed by atoms with Crippen LogP contribution >= 0.6 is 0 Å². The monoisotopic (exact) mass is 195 g/mol. The van der Waals surface area contributed by atoms with E-state index in [1.807, 2.05) is 0 Å². The fourth-order valence-electron chi connectivity index (χ4n) is 1.33. The SMILES string of the molecule is CC(C1CC1)N(C=O)CC(F)(F)F. The van der Waals surface area contributed by atoms with Crippen molar-refractivity contribution in [2.75, 3.05) is 6.54 Å². The first-order valence-corrected chi connectivity index (χ1v) is 4.22. The van der Waals surface area contributed by atoms with Crippen LogP contribution in [-0.4, -0.2) is 30.1 Å². The van der Waals surface area contributed by atoms with Crippen LogP contribution in [-0.2, 0) is 4.79 Å². The summed E-state index contributed by atoms with van der Waals surface area (Å²) in [5.41, 5.74) is 0. The summed E-state index contributed by atoms with van der Waals surface area (Å²) in [5, 5.41) is 0. The van der Waals surface area contributed by atoms with Crippen molar-refractivity contribution in [2.45, 2.75) is 32.0 Å². The molecule has 1 aliphatic rings. The third-order valence-electron chi connectivity index (χ3n) is 2.32. The smallest absolute Gasteiger partial charge is 0.333 e. The van der Waals surface area contributed by atoms with Crippen molar-refractivity contribution in [3.05, 3.63) is 0 Å². The molecular weight excluding hydrogens is 183 g/mol. The first kappa shape index (κ1) is 10.3. The molecule has 0 aromatic heterocycles. The minimum absolute atomic E-state index is 0.271. The Morgan fingerprint density at radius 3 is 2.38 bits per heavy atom. The minimum atomic E-state index is -4.29. The maximum atomic E-state index is 11.9. The van der Waals surface area contributed by atoms with Gasteiger partial charge in [-0.25, -0.2) is 0 Å². The van der Waals surface area contributed by atoms with E-state index < -0.39 is 12.7 Å². The lowest BCUT2D eigenvalue weighted by atomic mass is 10.2. The van der Waals surface area contributed by atoms with E-state index in [0.717, 1.165) is 17.7 Å². The number of carbonyl (C=O) groups excluding carboxylic acids is 1. The van der Waals surface area contributed by atoms with Crippen LogP contribution in [0, 0.1) is 5.92 Å². The van der Waals surface area contributed by atoms with E-state index in [1.54, 1.807) is 6.92 Å². The van der Waals surface area contributed by atoms with Crippen molar-refractivity contribution in [3.8, 4) is 0 Å². The summed E-state index contributed by atoms with van der Waals surface area (Å²) in [6, 6.07) is -0.279. The molecule has 76 valence electrons. The first-order valence-electron chi connectivity index (χ1n) is 4.22. The van der Waals surface area contributed by atoms with Gasteiger partial charge < -0.3 is 4.90 Å². The fourth-order valence-corrected chi connectivity index (χ4v) is 1.33. The Hall–Kier alpha value is -0.740. The molecule has 0 saturated heterocycles. The number of nitrogens with zero attached hydrogens (tertiary/aromatic N) is 1. The van der Waals surface area contributed by atoms with Gasteiger partial charge in [0.25, 0.3) is 0 Å². The number of alkyl halides is 3. The molecule has 0 aromatic rings. The van der Waals surface area contributed by atoms with Crippen LogP contribution in [0.2, 0.25) is 0 Å². The van der Waals surface area contributed by atoms with Crippen LogP contribution in [0.5, 0.6) is 0 Å². The molecule has 0 aliphatic heterocycles. The van der Waals surface area contributed by atoms with E-state index in [9.17, 15) is 18.0 Å². The number of amides is 1. The normalized spacial score (nSPS) is 19.7. The maximum Gasteiger partial charge on any atom is 0.406 e. The Balaban J connectivity index is 2.46. The standard InChI is InChI=1S/C8H12F3NO/c1-6(7-2-3-7)12(5-13)4-8(9,10)11/h5-7H,2-4H2,1H3. The van der Waals surface area contributed by atoms with Gasteiger partial charge in [-0.15, -0.1) is 0 Å². The molecule has 1 saturated carbocycles. The molecule has 0 N–H and O–H groups in total. The molecule has 1 fully saturated rings. The first-order chi connectivity index (χ1) is 5.94. The lowest BCUT2D eigenvalue weighted by Crippen LogP contribution is -2.40. The number of rotatable bonds is 4. The predicted molar refractivity (Wildman–Crippen MR) is 41.0 cm³/mol. The second-order valence-corrected chi connectivity index (χ2v) is 3.47. The summed E-state index contributed by atoms with van der Waals surface area (Å²) in [6.07, 6.45) is -2.13. The van der Waals surface area contributed by atoms with Crippen molar-refractivity contribution in [1.29, 1.82) is 0 Å². The Labute approximate surface area is 74.7 Å². The van der Waals surface area contributed by atoms with Gasteiger partial charge in [-0.2, -0.15) is 13.2 Å². The summed E-state index contributed by atoms with van der Waals surface area (Å²) in [4.78, 5) is 11.2. The zero-order valence-corrected chi connectivity index (χ0v) is 7.34. The van der Waals surface area contributed by atoms with Gasteiger partial charge in [0.2, 0.25) is 6.41 Å². The van der Waals surface area contributed by atoms with Crippen molar-refractivity contribution in [2.24, 2.45) is 5.92 Å².